The number of ether oxygens (including phenoxy) is 2. The standard InChI is InChI=1S/C26H22N2O5/c1-3-7-18-12-16(13-21-24(29)27-26(31)28-25(21)30)14-22(32-2)23(18)33-15-19-10-6-9-17-8-4-5-11-20(17)19/h3-6,8-14H,1,7,15H2,2H3,(H2,27,28,29,30,31). The molecule has 3 aromatic rings. The molecule has 7 heteroatoms. The lowest BCUT2D eigenvalue weighted by atomic mass is 10.0. The molecule has 3 aromatic carbocycles. The lowest BCUT2D eigenvalue weighted by molar-refractivity contribution is -0.123. The Morgan fingerprint density at radius 2 is 1.67 bits per heavy atom. The number of benzene rings is 3. The molecular formula is C26H22N2O5. The third-order valence-electron chi connectivity index (χ3n) is 5.24. The Morgan fingerprint density at radius 1 is 0.939 bits per heavy atom. The van der Waals surface area contributed by atoms with Gasteiger partial charge in [-0.2, -0.15) is 0 Å². The molecule has 1 aliphatic heterocycles. The molecule has 0 aromatic heterocycles. The number of carbonyl (C=O) groups is 3. The third-order valence-corrected chi connectivity index (χ3v) is 5.24. The number of hydrogen-bond donors (Lipinski definition) is 2. The second-order valence-electron chi connectivity index (χ2n) is 7.43. The van der Waals surface area contributed by atoms with Crippen molar-refractivity contribution in [3.63, 3.8) is 0 Å². The quantitative estimate of drug-likeness (QED) is 0.329. The number of amides is 4. The number of urea groups is 1. The Bertz CT molecular complexity index is 1280. The third kappa shape index (κ3) is 4.62. The van der Waals surface area contributed by atoms with E-state index in [9.17, 15) is 14.4 Å². The van der Waals surface area contributed by atoms with Crippen LogP contribution in [0.2, 0.25) is 0 Å². The molecule has 0 aliphatic carbocycles. The first-order valence-electron chi connectivity index (χ1n) is 10.3. The first kappa shape index (κ1) is 21.8. The fourth-order valence-corrected chi connectivity index (χ4v) is 3.73. The van der Waals surface area contributed by atoms with Gasteiger partial charge in [0.15, 0.2) is 11.5 Å². The Kier molecular flexibility index (Phi) is 6.22. The van der Waals surface area contributed by atoms with E-state index in [1.165, 1.54) is 13.2 Å². The summed E-state index contributed by atoms with van der Waals surface area (Å²) in [5.41, 5.74) is 2.19. The van der Waals surface area contributed by atoms with Crippen molar-refractivity contribution in [2.24, 2.45) is 0 Å². The Morgan fingerprint density at radius 3 is 2.39 bits per heavy atom. The zero-order valence-corrected chi connectivity index (χ0v) is 18.0. The van der Waals surface area contributed by atoms with Crippen LogP contribution < -0.4 is 20.1 Å². The number of hydrogen-bond acceptors (Lipinski definition) is 5. The van der Waals surface area contributed by atoms with Gasteiger partial charge < -0.3 is 9.47 Å². The van der Waals surface area contributed by atoms with Gasteiger partial charge in [0.2, 0.25) is 0 Å². The van der Waals surface area contributed by atoms with Crippen molar-refractivity contribution >= 4 is 34.7 Å². The fraction of sp³-hybridized carbons (Fsp3) is 0.115. The Hall–Kier alpha value is -4.39. The number of allylic oxidation sites excluding steroid dienone is 1. The molecule has 1 fully saturated rings. The van der Waals surface area contributed by atoms with Gasteiger partial charge in [-0.15, -0.1) is 6.58 Å². The van der Waals surface area contributed by atoms with E-state index in [4.69, 9.17) is 9.47 Å². The van der Waals surface area contributed by atoms with Crippen LogP contribution in [0.15, 0.2) is 72.8 Å². The maximum Gasteiger partial charge on any atom is 0.328 e. The molecule has 33 heavy (non-hydrogen) atoms. The molecule has 7 nitrogen and oxygen atoms in total. The van der Waals surface area contributed by atoms with Gasteiger partial charge >= 0.3 is 6.03 Å². The summed E-state index contributed by atoms with van der Waals surface area (Å²) in [5, 5.41) is 6.36. The summed E-state index contributed by atoms with van der Waals surface area (Å²) < 4.78 is 11.8. The average molecular weight is 442 g/mol. The van der Waals surface area contributed by atoms with Crippen molar-refractivity contribution in [2.45, 2.75) is 13.0 Å². The van der Waals surface area contributed by atoms with E-state index in [1.807, 2.05) is 24.3 Å². The lowest BCUT2D eigenvalue weighted by Gasteiger charge is -2.18. The van der Waals surface area contributed by atoms with Crippen LogP contribution in [-0.2, 0) is 22.6 Å². The van der Waals surface area contributed by atoms with Gasteiger partial charge in [-0.25, -0.2) is 4.79 Å². The molecule has 1 saturated heterocycles. The van der Waals surface area contributed by atoms with E-state index in [2.05, 4.69) is 35.4 Å². The van der Waals surface area contributed by atoms with Crippen molar-refractivity contribution in [1.29, 1.82) is 0 Å². The second-order valence-corrected chi connectivity index (χ2v) is 7.43. The first-order chi connectivity index (χ1) is 16.0. The van der Waals surface area contributed by atoms with E-state index < -0.39 is 17.8 Å². The van der Waals surface area contributed by atoms with Crippen LogP contribution in [0, 0.1) is 0 Å². The summed E-state index contributed by atoms with van der Waals surface area (Å²) in [6.07, 6.45) is 3.62. The van der Waals surface area contributed by atoms with E-state index >= 15 is 0 Å². The molecule has 0 bridgehead atoms. The van der Waals surface area contributed by atoms with Gasteiger partial charge in [0.25, 0.3) is 11.8 Å². The molecule has 4 rings (SSSR count). The molecule has 4 amide bonds. The summed E-state index contributed by atoms with van der Waals surface area (Å²) in [6, 6.07) is 16.8. The molecule has 0 unspecified atom stereocenters. The van der Waals surface area contributed by atoms with Crippen LogP contribution in [0.1, 0.15) is 16.7 Å². The van der Waals surface area contributed by atoms with Crippen LogP contribution in [-0.4, -0.2) is 25.0 Å². The molecule has 166 valence electrons. The summed E-state index contributed by atoms with van der Waals surface area (Å²) in [6.45, 7) is 4.14. The summed E-state index contributed by atoms with van der Waals surface area (Å²) in [4.78, 5) is 35.5. The van der Waals surface area contributed by atoms with Gasteiger partial charge in [0, 0.05) is 5.56 Å². The zero-order valence-electron chi connectivity index (χ0n) is 18.0. The van der Waals surface area contributed by atoms with E-state index in [0.29, 0.717) is 30.1 Å². The normalized spacial score (nSPS) is 13.4. The number of fused-ring (bicyclic) bond motifs is 1. The number of carbonyl (C=O) groups excluding carboxylic acids is 3. The molecule has 0 radical (unpaired) electrons. The van der Waals surface area contributed by atoms with Crippen LogP contribution >= 0.6 is 0 Å². The van der Waals surface area contributed by atoms with Crippen molar-refractivity contribution in [3.8, 4) is 11.5 Å². The number of imide groups is 2. The number of rotatable bonds is 7. The van der Waals surface area contributed by atoms with Gasteiger partial charge in [0.1, 0.15) is 12.2 Å². The molecule has 2 N–H and O–H groups in total. The van der Waals surface area contributed by atoms with E-state index in [0.717, 1.165) is 21.9 Å². The van der Waals surface area contributed by atoms with E-state index in [1.54, 1.807) is 18.2 Å². The highest BCUT2D eigenvalue weighted by Gasteiger charge is 2.28. The molecular weight excluding hydrogens is 420 g/mol. The fourth-order valence-electron chi connectivity index (χ4n) is 3.73. The van der Waals surface area contributed by atoms with Crippen LogP contribution in [0.5, 0.6) is 11.5 Å². The number of barbiturate groups is 1. The maximum absolute atomic E-state index is 12.1. The number of nitrogens with one attached hydrogen (secondary N) is 2. The monoisotopic (exact) mass is 442 g/mol. The molecule has 1 heterocycles. The first-order valence-corrected chi connectivity index (χ1v) is 10.3. The van der Waals surface area contributed by atoms with Gasteiger partial charge in [-0.3, -0.25) is 20.2 Å². The summed E-state index contributed by atoms with van der Waals surface area (Å²) in [7, 11) is 1.52. The number of methoxy groups -OCH3 is 1. The predicted octanol–water partition coefficient (Wildman–Crippen LogP) is 3.91. The van der Waals surface area contributed by atoms with Crippen LogP contribution in [0.25, 0.3) is 16.8 Å². The molecule has 0 atom stereocenters. The summed E-state index contributed by atoms with van der Waals surface area (Å²) >= 11 is 0. The summed E-state index contributed by atoms with van der Waals surface area (Å²) in [5.74, 6) is -0.511. The SMILES string of the molecule is C=CCc1cc(C=C2C(=O)NC(=O)NC2=O)cc(OC)c1OCc1cccc2ccccc12. The topological polar surface area (TPSA) is 93.7 Å². The average Bonchev–Trinajstić information content (AvgIpc) is 2.80. The minimum absolute atomic E-state index is 0.175. The Balaban J connectivity index is 1.69. The van der Waals surface area contributed by atoms with Crippen molar-refractivity contribution in [1.82, 2.24) is 10.6 Å². The minimum atomic E-state index is -0.843. The molecule has 0 saturated carbocycles. The maximum atomic E-state index is 12.1. The minimum Gasteiger partial charge on any atom is -0.493 e. The van der Waals surface area contributed by atoms with Crippen molar-refractivity contribution in [2.75, 3.05) is 7.11 Å². The second kappa shape index (κ2) is 9.40. The van der Waals surface area contributed by atoms with Gasteiger partial charge in [-0.05, 0) is 46.5 Å². The molecule has 0 spiro atoms. The van der Waals surface area contributed by atoms with Crippen LogP contribution in [0.3, 0.4) is 0 Å². The highest BCUT2D eigenvalue weighted by Crippen LogP contribution is 2.35. The predicted molar refractivity (Wildman–Crippen MR) is 125 cm³/mol. The van der Waals surface area contributed by atoms with Crippen LogP contribution in [0.4, 0.5) is 4.79 Å². The highest BCUT2D eigenvalue weighted by atomic mass is 16.5. The molecule has 1 aliphatic rings. The van der Waals surface area contributed by atoms with Crippen molar-refractivity contribution < 1.29 is 23.9 Å². The smallest absolute Gasteiger partial charge is 0.328 e. The highest BCUT2D eigenvalue weighted by molar-refractivity contribution is 6.31. The van der Waals surface area contributed by atoms with Gasteiger partial charge in [0.05, 0.1) is 7.11 Å². The van der Waals surface area contributed by atoms with Crippen molar-refractivity contribution in [3.05, 3.63) is 89.5 Å². The Labute approximate surface area is 190 Å². The van der Waals surface area contributed by atoms with E-state index in [-0.39, 0.29) is 5.57 Å². The zero-order chi connectivity index (χ0) is 23.4. The largest absolute Gasteiger partial charge is 0.493 e. The van der Waals surface area contributed by atoms with Gasteiger partial charge in [-0.1, -0.05) is 48.5 Å². The lowest BCUT2D eigenvalue weighted by Crippen LogP contribution is -2.51.